The van der Waals surface area contributed by atoms with Crippen molar-refractivity contribution in [1.29, 1.82) is 0 Å². The minimum absolute atomic E-state index is 0.525. The van der Waals surface area contributed by atoms with Crippen molar-refractivity contribution in [3.8, 4) is 16.9 Å². The van der Waals surface area contributed by atoms with Crippen molar-refractivity contribution < 1.29 is 14.6 Å². The van der Waals surface area contributed by atoms with Gasteiger partial charge in [0.15, 0.2) is 0 Å². The summed E-state index contributed by atoms with van der Waals surface area (Å²) in [6.45, 7) is 4.71. The Bertz CT molecular complexity index is 1300. The zero-order valence-electron chi connectivity index (χ0n) is 18.8. The minimum atomic E-state index is -1.09. The van der Waals surface area contributed by atoms with E-state index in [1.54, 1.807) is 13.2 Å². The van der Waals surface area contributed by atoms with Crippen LogP contribution in [0.5, 0.6) is 5.75 Å². The number of ether oxygens (including phenoxy) is 1. The lowest BCUT2D eigenvalue weighted by Crippen LogP contribution is -2.07. The van der Waals surface area contributed by atoms with Gasteiger partial charge >= 0.3 is 6.09 Å². The lowest BCUT2D eigenvalue weighted by Gasteiger charge is -2.13. The number of nitrogens with zero attached hydrogens (tertiary/aromatic N) is 2. The molecule has 0 unspecified atom stereocenters. The highest BCUT2D eigenvalue weighted by atomic mass is 16.5. The van der Waals surface area contributed by atoms with Gasteiger partial charge in [0.1, 0.15) is 11.6 Å². The highest BCUT2D eigenvalue weighted by Crippen LogP contribution is 2.31. The van der Waals surface area contributed by atoms with Gasteiger partial charge in [0.2, 0.25) is 0 Å². The van der Waals surface area contributed by atoms with E-state index in [1.807, 2.05) is 50.4 Å². The van der Waals surface area contributed by atoms with E-state index in [2.05, 4.69) is 33.8 Å². The number of pyridine rings is 2. The topological polar surface area (TPSA) is 96.4 Å². The first-order valence-corrected chi connectivity index (χ1v) is 10.7. The fourth-order valence-corrected chi connectivity index (χ4v) is 3.77. The molecule has 0 saturated heterocycles. The number of aryl methyl sites for hydroxylation is 2. The largest absolute Gasteiger partial charge is 0.497 e. The molecule has 7 heteroatoms. The highest BCUT2D eigenvalue weighted by Gasteiger charge is 2.11. The van der Waals surface area contributed by atoms with Gasteiger partial charge in [0.05, 0.1) is 12.6 Å². The van der Waals surface area contributed by atoms with Crippen LogP contribution in [-0.4, -0.2) is 34.8 Å². The average molecular weight is 443 g/mol. The van der Waals surface area contributed by atoms with Gasteiger partial charge < -0.3 is 15.2 Å². The van der Waals surface area contributed by atoms with Gasteiger partial charge in [-0.05, 0) is 67.3 Å². The Labute approximate surface area is 192 Å². The number of hydrogen-bond acceptors (Lipinski definition) is 5. The van der Waals surface area contributed by atoms with Crippen molar-refractivity contribution in [2.24, 2.45) is 0 Å². The van der Waals surface area contributed by atoms with E-state index < -0.39 is 6.09 Å². The smallest absolute Gasteiger partial charge is 0.409 e. The van der Waals surface area contributed by atoms with E-state index in [4.69, 9.17) is 14.8 Å². The van der Waals surface area contributed by atoms with Crippen LogP contribution in [0.3, 0.4) is 0 Å². The van der Waals surface area contributed by atoms with Crippen LogP contribution in [0.2, 0.25) is 0 Å². The van der Waals surface area contributed by atoms with E-state index >= 15 is 0 Å². The SMILES string of the molecule is COc1ccc(CCNc2cc3nc(C)c(-c4cc(NC(=O)O)ccc4C)cc3cn2)cc1. The molecule has 2 heterocycles. The molecule has 0 spiro atoms. The number of rotatable bonds is 7. The van der Waals surface area contributed by atoms with Crippen LogP contribution < -0.4 is 15.4 Å². The molecule has 0 aliphatic heterocycles. The van der Waals surface area contributed by atoms with E-state index in [9.17, 15) is 4.79 Å². The summed E-state index contributed by atoms with van der Waals surface area (Å²) in [6, 6.07) is 17.5. The predicted molar refractivity (Wildman–Crippen MR) is 131 cm³/mol. The van der Waals surface area contributed by atoms with Crippen molar-refractivity contribution >= 4 is 28.5 Å². The minimum Gasteiger partial charge on any atom is -0.497 e. The maximum atomic E-state index is 11.0. The molecule has 0 atom stereocenters. The van der Waals surface area contributed by atoms with Gasteiger partial charge in [0.25, 0.3) is 0 Å². The van der Waals surface area contributed by atoms with Gasteiger partial charge in [-0.15, -0.1) is 0 Å². The number of nitrogens with one attached hydrogen (secondary N) is 2. The van der Waals surface area contributed by atoms with E-state index in [1.165, 1.54) is 5.56 Å². The van der Waals surface area contributed by atoms with Crippen molar-refractivity contribution in [1.82, 2.24) is 9.97 Å². The third-order valence-corrected chi connectivity index (χ3v) is 5.55. The fraction of sp³-hybridized carbons (Fsp3) is 0.192. The number of aromatic nitrogens is 2. The molecule has 0 aliphatic carbocycles. The Morgan fingerprint density at radius 1 is 1.03 bits per heavy atom. The van der Waals surface area contributed by atoms with Crippen LogP contribution in [0.4, 0.5) is 16.3 Å². The number of carboxylic acid groups (broad SMARTS) is 1. The second-order valence-electron chi connectivity index (χ2n) is 7.87. The quantitative estimate of drug-likeness (QED) is 0.341. The molecule has 2 aromatic heterocycles. The Morgan fingerprint density at radius 3 is 2.55 bits per heavy atom. The lowest BCUT2D eigenvalue weighted by atomic mass is 9.97. The number of hydrogen-bond donors (Lipinski definition) is 3. The van der Waals surface area contributed by atoms with E-state index in [0.717, 1.165) is 57.8 Å². The first kappa shape index (κ1) is 22.1. The summed E-state index contributed by atoms with van der Waals surface area (Å²) in [5.74, 6) is 1.63. The summed E-state index contributed by atoms with van der Waals surface area (Å²) in [6.07, 6.45) is 1.60. The molecular weight excluding hydrogens is 416 g/mol. The Hall–Kier alpha value is -4.13. The summed E-state index contributed by atoms with van der Waals surface area (Å²) in [4.78, 5) is 20.4. The number of anilines is 2. The Morgan fingerprint density at radius 2 is 1.82 bits per heavy atom. The second kappa shape index (κ2) is 9.56. The molecule has 0 aliphatic rings. The van der Waals surface area contributed by atoms with Crippen LogP contribution in [0, 0.1) is 13.8 Å². The first-order chi connectivity index (χ1) is 15.9. The maximum Gasteiger partial charge on any atom is 0.409 e. The van der Waals surface area contributed by atoms with Crippen LogP contribution in [0.1, 0.15) is 16.8 Å². The summed E-state index contributed by atoms with van der Waals surface area (Å²) in [5.41, 5.74) is 6.41. The molecule has 1 amide bonds. The maximum absolute atomic E-state index is 11.0. The highest BCUT2D eigenvalue weighted by molar-refractivity contribution is 5.89. The molecule has 0 fully saturated rings. The number of amides is 1. The molecule has 3 N–H and O–H groups in total. The van der Waals surface area contributed by atoms with Crippen molar-refractivity contribution in [3.63, 3.8) is 0 Å². The van der Waals surface area contributed by atoms with Gasteiger partial charge in [-0.2, -0.15) is 0 Å². The molecule has 168 valence electrons. The van der Waals surface area contributed by atoms with Gasteiger partial charge in [-0.25, -0.2) is 9.78 Å². The molecule has 7 nitrogen and oxygen atoms in total. The van der Waals surface area contributed by atoms with Crippen LogP contribution in [0.15, 0.2) is 60.8 Å². The third-order valence-electron chi connectivity index (χ3n) is 5.55. The molecule has 4 rings (SSSR count). The molecule has 33 heavy (non-hydrogen) atoms. The Kier molecular flexibility index (Phi) is 6.40. The summed E-state index contributed by atoms with van der Waals surface area (Å²) >= 11 is 0. The number of carbonyl (C=O) groups is 1. The number of methoxy groups -OCH3 is 1. The summed E-state index contributed by atoms with van der Waals surface area (Å²) in [5, 5.41) is 15.7. The van der Waals surface area contributed by atoms with E-state index in [-0.39, 0.29) is 0 Å². The van der Waals surface area contributed by atoms with Gasteiger partial charge in [-0.3, -0.25) is 10.3 Å². The molecule has 0 radical (unpaired) electrons. The zero-order valence-corrected chi connectivity index (χ0v) is 18.8. The number of benzene rings is 2. The van der Waals surface area contributed by atoms with Crippen LogP contribution in [-0.2, 0) is 6.42 Å². The van der Waals surface area contributed by atoms with Crippen molar-refractivity contribution in [2.75, 3.05) is 24.3 Å². The molecule has 4 aromatic rings. The predicted octanol–water partition coefficient (Wildman–Crippen LogP) is 5.67. The first-order valence-electron chi connectivity index (χ1n) is 10.7. The fourth-order valence-electron chi connectivity index (χ4n) is 3.77. The monoisotopic (exact) mass is 442 g/mol. The van der Waals surface area contributed by atoms with Crippen LogP contribution >= 0.6 is 0 Å². The average Bonchev–Trinajstić information content (AvgIpc) is 2.80. The van der Waals surface area contributed by atoms with Crippen molar-refractivity contribution in [2.45, 2.75) is 20.3 Å². The standard InChI is InChI=1S/C26H26N4O3/c1-16-4-7-20(30-26(31)32)13-22(16)23-12-19-15-28-25(14-24(19)29-17(23)2)27-11-10-18-5-8-21(33-3)9-6-18/h4-9,12-15,30H,10-11H2,1-3H3,(H,27,28)(H,31,32). The second-order valence-corrected chi connectivity index (χ2v) is 7.87. The molecule has 0 saturated carbocycles. The Balaban J connectivity index is 1.53. The number of fused-ring (bicyclic) bond motifs is 1. The molecule has 0 bridgehead atoms. The summed E-state index contributed by atoms with van der Waals surface area (Å²) < 4.78 is 5.20. The summed E-state index contributed by atoms with van der Waals surface area (Å²) in [7, 11) is 1.66. The van der Waals surface area contributed by atoms with Crippen molar-refractivity contribution in [3.05, 3.63) is 77.6 Å². The zero-order chi connectivity index (χ0) is 23.4. The van der Waals surface area contributed by atoms with Crippen LogP contribution in [0.25, 0.3) is 22.0 Å². The lowest BCUT2D eigenvalue weighted by molar-refractivity contribution is 0.210. The third kappa shape index (κ3) is 5.20. The van der Waals surface area contributed by atoms with Gasteiger partial charge in [-0.1, -0.05) is 18.2 Å². The molecule has 2 aromatic carbocycles. The van der Waals surface area contributed by atoms with Gasteiger partial charge in [0, 0.05) is 41.1 Å². The van der Waals surface area contributed by atoms with E-state index in [0.29, 0.717) is 5.69 Å². The molecular formula is C26H26N4O3. The normalized spacial score (nSPS) is 10.8.